The summed E-state index contributed by atoms with van der Waals surface area (Å²) in [4.78, 5) is 9.57. The number of aryl methyl sites for hydroxylation is 1. The summed E-state index contributed by atoms with van der Waals surface area (Å²) in [5, 5.41) is 10.9. The Morgan fingerprint density at radius 3 is 2.69 bits per heavy atom. The molecule has 0 radical (unpaired) electrons. The lowest BCUT2D eigenvalue weighted by molar-refractivity contribution is 0.169. The number of pyridine rings is 1. The summed E-state index contributed by atoms with van der Waals surface area (Å²) in [5.74, 6) is 0.772. The summed E-state index contributed by atoms with van der Waals surface area (Å²) in [6, 6.07) is 18.1. The number of rotatable bonds is 7. The number of allylic oxidation sites excluding steroid dienone is 1. The van der Waals surface area contributed by atoms with Gasteiger partial charge in [0, 0.05) is 48.9 Å². The highest BCUT2D eigenvalue weighted by Crippen LogP contribution is 2.29. The van der Waals surface area contributed by atoms with Gasteiger partial charge >= 0.3 is 0 Å². The van der Waals surface area contributed by atoms with Gasteiger partial charge in [-0.3, -0.25) is 4.90 Å². The number of nitrogens with zero attached hydrogens (tertiary/aromatic N) is 3. The summed E-state index contributed by atoms with van der Waals surface area (Å²) in [6.45, 7) is 6.19. The van der Waals surface area contributed by atoms with E-state index in [1.54, 1.807) is 6.07 Å². The van der Waals surface area contributed by atoms with Crippen LogP contribution in [-0.4, -0.2) is 59.2 Å². The number of ether oxygens (including phenoxy) is 1. The molecule has 2 heterocycles. The van der Waals surface area contributed by atoms with E-state index in [2.05, 4.69) is 45.1 Å². The molecule has 166 valence electrons. The number of unbranched alkanes of at least 4 members (excludes halogenated alkanes) is 1. The summed E-state index contributed by atoms with van der Waals surface area (Å²) >= 11 is 0. The Balaban J connectivity index is 1.05. The Hall–Kier alpha value is -3.05. The topological polar surface area (TPSA) is 48.8 Å². The Morgan fingerprint density at radius 2 is 1.78 bits per heavy atom. The number of fused-ring (bicyclic) bond motifs is 2. The molecule has 2 aromatic carbocycles. The average Bonchev–Trinajstić information content (AvgIpc) is 2.84. The molecule has 5 heteroatoms. The minimum Gasteiger partial charge on any atom is -0.506 e. The number of hydrogen-bond acceptors (Lipinski definition) is 5. The van der Waals surface area contributed by atoms with E-state index in [4.69, 9.17) is 4.74 Å². The van der Waals surface area contributed by atoms with Crippen LogP contribution in [0.1, 0.15) is 30.4 Å². The second-order valence-corrected chi connectivity index (χ2v) is 8.67. The number of aromatic nitrogens is 1. The predicted octanol–water partition coefficient (Wildman–Crippen LogP) is 4.70. The van der Waals surface area contributed by atoms with Crippen molar-refractivity contribution in [3.8, 4) is 11.6 Å². The molecule has 1 aromatic heterocycles. The molecule has 1 aliphatic carbocycles. The molecule has 0 bridgehead atoms. The molecule has 1 aliphatic heterocycles. The maximum atomic E-state index is 9.97. The van der Waals surface area contributed by atoms with Gasteiger partial charge in [-0.15, -0.1) is 0 Å². The number of phenolic OH excluding ortho intramolecular Hbond substituents is 1. The zero-order chi connectivity index (χ0) is 21.8. The van der Waals surface area contributed by atoms with Crippen LogP contribution in [0.15, 0.2) is 60.7 Å². The number of aromatic hydroxyl groups is 1. The van der Waals surface area contributed by atoms with Crippen molar-refractivity contribution in [2.45, 2.75) is 25.7 Å². The van der Waals surface area contributed by atoms with E-state index in [1.807, 2.05) is 24.3 Å². The number of phenols is 1. The summed E-state index contributed by atoms with van der Waals surface area (Å²) in [5.41, 5.74) is 4.95. The van der Waals surface area contributed by atoms with Gasteiger partial charge < -0.3 is 14.7 Å². The quantitative estimate of drug-likeness (QED) is 0.552. The van der Waals surface area contributed by atoms with Gasteiger partial charge in [0.2, 0.25) is 5.88 Å². The molecular weight excluding hydrogens is 398 g/mol. The van der Waals surface area contributed by atoms with Gasteiger partial charge in [-0.05, 0) is 49.9 Å². The number of benzene rings is 2. The fraction of sp³-hybridized carbons (Fsp3) is 0.370. The zero-order valence-electron chi connectivity index (χ0n) is 18.5. The maximum absolute atomic E-state index is 9.97. The first kappa shape index (κ1) is 20.8. The third-order valence-corrected chi connectivity index (χ3v) is 6.55. The largest absolute Gasteiger partial charge is 0.506 e. The first-order valence-electron chi connectivity index (χ1n) is 11.8. The van der Waals surface area contributed by atoms with Crippen LogP contribution in [0.4, 0.5) is 0 Å². The van der Waals surface area contributed by atoms with E-state index in [1.165, 1.54) is 16.8 Å². The van der Waals surface area contributed by atoms with E-state index in [-0.39, 0.29) is 5.75 Å². The molecule has 1 N–H and O–H groups in total. The third-order valence-electron chi connectivity index (χ3n) is 6.55. The molecule has 0 saturated carbocycles. The zero-order valence-corrected chi connectivity index (χ0v) is 18.5. The van der Waals surface area contributed by atoms with Crippen molar-refractivity contribution in [2.24, 2.45) is 0 Å². The molecule has 5 rings (SSSR count). The van der Waals surface area contributed by atoms with E-state index >= 15 is 0 Å². The molecule has 32 heavy (non-hydrogen) atoms. The second kappa shape index (κ2) is 9.61. The van der Waals surface area contributed by atoms with Crippen molar-refractivity contribution in [2.75, 3.05) is 39.3 Å². The molecule has 5 nitrogen and oxygen atoms in total. The van der Waals surface area contributed by atoms with Crippen molar-refractivity contribution in [3.63, 3.8) is 0 Å². The molecule has 0 unspecified atom stereocenters. The van der Waals surface area contributed by atoms with E-state index < -0.39 is 0 Å². The van der Waals surface area contributed by atoms with E-state index in [0.717, 1.165) is 63.8 Å². The van der Waals surface area contributed by atoms with Gasteiger partial charge in [-0.1, -0.05) is 42.5 Å². The van der Waals surface area contributed by atoms with Crippen LogP contribution in [0.5, 0.6) is 11.6 Å². The Bertz CT molecular complexity index is 1100. The highest BCUT2D eigenvalue weighted by atomic mass is 16.5. The van der Waals surface area contributed by atoms with Crippen LogP contribution in [0.25, 0.3) is 16.6 Å². The lowest BCUT2D eigenvalue weighted by Crippen LogP contribution is -2.45. The lowest BCUT2D eigenvalue weighted by atomic mass is 9.94. The number of para-hydroxylation sites is 1. The highest BCUT2D eigenvalue weighted by Gasteiger charge is 2.22. The molecular formula is C27H31N3O2. The predicted molar refractivity (Wildman–Crippen MR) is 129 cm³/mol. The van der Waals surface area contributed by atoms with Crippen molar-refractivity contribution >= 4 is 16.6 Å². The van der Waals surface area contributed by atoms with Gasteiger partial charge in [-0.2, -0.15) is 0 Å². The van der Waals surface area contributed by atoms with Gasteiger partial charge in [0.15, 0.2) is 0 Å². The second-order valence-electron chi connectivity index (χ2n) is 8.67. The fourth-order valence-corrected chi connectivity index (χ4v) is 4.78. The van der Waals surface area contributed by atoms with Gasteiger partial charge in [-0.25, -0.2) is 4.98 Å². The van der Waals surface area contributed by atoms with Crippen LogP contribution >= 0.6 is 0 Å². The summed E-state index contributed by atoms with van der Waals surface area (Å²) in [6.07, 6.45) is 6.86. The van der Waals surface area contributed by atoms with Gasteiger partial charge in [0.25, 0.3) is 0 Å². The van der Waals surface area contributed by atoms with Crippen LogP contribution in [0, 0.1) is 0 Å². The Labute approximate surface area is 189 Å². The minimum absolute atomic E-state index is 0.194. The third kappa shape index (κ3) is 4.58. The average molecular weight is 430 g/mol. The fourth-order valence-electron chi connectivity index (χ4n) is 4.78. The monoisotopic (exact) mass is 429 g/mol. The molecule has 0 atom stereocenters. The lowest BCUT2D eigenvalue weighted by Gasteiger charge is -2.38. The van der Waals surface area contributed by atoms with Crippen LogP contribution in [0.2, 0.25) is 0 Å². The van der Waals surface area contributed by atoms with Crippen LogP contribution < -0.4 is 4.74 Å². The first-order valence-corrected chi connectivity index (χ1v) is 11.8. The molecule has 3 aromatic rings. The van der Waals surface area contributed by atoms with Crippen molar-refractivity contribution < 1.29 is 9.84 Å². The van der Waals surface area contributed by atoms with Crippen LogP contribution in [-0.2, 0) is 6.42 Å². The Kier molecular flexibility index (Phi) is 6.26. The van der Waals surface area contributed by atoms with Gasteiger partial charge in [0.05, 0.1) is 6.61 Å². The Morgan fingerprint density at radius 1 is 0.906 bits per heavy atom. The van der Waals surface area contributed by atoms with Crippen molar-refractivity contribution in [3.05, 3.63) is 71.8 Å². The molecule has 2 aliphatic rings. The smallest absolute Gasteiger partial charge is 0.213 e. The van der Waals surface area contributed by atoms with Crippen molar-refractivity contribution in [1.29, 1.82) is 0 Å². The normalized spacial score (nSPS) is 16.6. The number of piperazine rings is 1. The molecule has 0 spiro atoms. The SMILES string of the molecule is Oc1cccc2ccc(OCCCCN3CCN(C4=CCCc5ccccc54)CC3)nc12. The number of hydrogen-bond donors (Lipinski definition) is 1. The van der Waals surface area contributed by atoms with E-state index in [0.29, 0.717) is 18.0 Å². The molecule has 0 amide bonds. The molecule has 1 fully saturated rings. The van der Waals surface area contributed by atoms with E-state index in [9.17, 15) is 5.11 Å². The standard InChI is InChI=1S/C27H31N3O2/c31-25-12-6-9-22-13-14-26(28-27(22)25)32-20-4-3-15-29-16-18-30(19-17-29)24-11-5-8-21-7-1-2-10-23(21)24/h1-2,6-7,9-14,31H,3-5,8,15-20H2. The van der Waals surface area contributed by atoms with Gasteiger partial charge in [0.1, 0.15) is 11.3 Å². The minimum atomic E-state index is 0.194. The first-order chi connectivity index (χ1) is 15.8. The summed E-state index contributed by atoms with van der Waals surface area (Å²) in [7, 11) is 0. The van der Waals surface area contributed by atoms with Crippen LogP contribution in [0.3, 0.4) is 0 Å². The molecule has 1 saturated heterocycles. The highest BCUT2D eigenvalue weighted by molar-refractivity contribution is 5.84. The van der Waals surface area contributed by atoms with Crippen molar-refractivity contribution in [1.82, 2.24) is 14.8 Å². The maximum Gasteiger partial charge on any atom is 0.213 e. The summed E-state index contributed by atoms with van der Waals surface area (Å²) < 4.78 is 5.83.